The molecule has 2 N–H and O–H groups in total. The summed E-state index contributed by atoms with van der Waals surface area (Å²) in [6, 6.07) is 1.67. The molecule has 0 bridgehead atoms. The molecule has 0 fully saturated rings. The molecule has 0 spiro atoms. The molecule has 1 rings (SSSR count). The molecule has 1 heterocycles. The van der Waals surface area contributed by atoms with Gasteiger partial charge in [0.1, 0.15) is 17.2 Å². The smallest absolute Gasteiger partial charge is 0.358 e. The highest BCUT2D eigenvalue weighted by Gasteiger charge is 2.31. The number of nitrogens with zero attached hydrogens (tertiary/aromatic N) is 3. The zero-order valence-electron chi connectivity index (χ0n) is 8.37. The van der Waals surface area contributed by atoms with Crippen LogP contribution >= 0.6 is 0 Å². The fourth-order valence-corrected chi connectivity index (χ4v) is 1.73. The molecule has 8 nitrogen and oxygen atoms in total. The predicted octanol–water partition coefficient (Wildman–Crippen LogP) is 0.446. The monoisotopic (exact) mass is 278 g/mol. The topological polar surface area (TPSA) is 140 Å². The number of hydrogen-bond donors (Lipinski definition) is 1. The third kappa shape index (κ3) is 2.55. The molecule has 1 aromatic rings. The Morgan fingerprint density at radius 2 is 2.11 bits per heavy atom. The second-order valence-electron chi connectivity index (χ2n) is 2.97. The van der Waals surface area contributed by atoms with Gasteiger partial charge in [-0.05, 0) is 16.0 Å². The van der Waals surface area contributed by atoms with Crippen LogP contribution in [0.5, 0.6) is 0 Å². The minimum atomic E-state index is -4.53. The van der Waals surface area contributed by atoms with Gasteiger partial charge in [0.05, 0.1) is 0 Å². The summed E-state index contributed by atoms with van der Waals surface area (Å²) < 4.78 is 47.0. The van der Waals surface area contributed by atoms with Crippen molar-refractivity contribution in [3.63, 3.8) is 0 Å². The summed E-state index contributed by atoms with van der Waals surface area (Å²) in [7, 11) is -4.53. The summed E-state index contributed by atoms with van der Waals surface area (Å²) in [5, 5.41) is 22.7. The standard InChI is InChI=1S/C7H4F2N4O4S/c8-5(9)4-1-3(2-10)7(18(11,16)17)12-6(4)13(14)15/h1,5H,(H2,11,16,17). The Hall–Kier alpha value is -2.19. The van der Waals surface area contributed by atoms with Crippen molar-refractivity contribution in [3.05, 3.63) is 27.3 Å². The molecular formula is C7H4F2N4O4S. The van der Waals surface area contributed by atoms with E-state index in [1.54, 1.807) is 0 Å². The Labute approximate surface area is 98.9 Å². The lowest BCUT2D eigenvalue weighted by molar-refractivity contribution is -0.391. The quantitative estimate of drug-likeness (QED) is 0.628. The number of aromatic nitrogens is 1. The molecule has 0 saturated heterocycles. The zero-order chi connectivity index (χ0) is 14.1. The Balaban J connectivity index is 3.75. The Morgan fingerprint density at radius 1 is 1.56 bits per heavy atom. The van der Waals surface area contributed by atoms with Gasteiger partial charge in [-0.2, -0.15) is 5.26 Å². The van der Waals surface area contributed by atoms with Crippen LogP contribution in [0, 0.1) is 21.4 Å². The molecule has 0 aliphatic heterocycles. The number of nitrogens with two attached hydrogens (primary N) is 1. The second kappa shape index (κ2) is 4.59. The van der Waals surface area contributed by atoms with Crippen LogP contribution < -0.4 is 5.14 Å². The number of rotatable bonds is 3. The van der Waals surface area contributed by atoms with E-state index in [0.717, 1.165) is 0 Å². The number of nitro groups is 1. The number of pyridine rings is 1. The molecule has 0 aliphatic carbocycles. The van der Waals surface area contributed by atoms with E-state index in [4.69, 9.17) is 5.26 Å². The maximum absolute atomic E-state index is 12.5. The van der Waals surface area contributed by atoms with Crippen molar-refractivity contribution < 1.29 is 22.1 Å². The average Bonchev–Trinajstić information content (AvgIpc) is 2.25. The number of halogens is 2. The summed E-state index contributed by atoms with van der Waals surface area (Å²) in [6.45, 7) is 0. The molecule has 0 unspecified atom stereocenters. The van der Waals surface area contributed by atoms with Crippen LogP contribution in [-0.4, -0.2) is 18.3 Å². The minimum Gasteiger partial charge on any atom is -0.358 e. The van der Waals surface area contributed by atoms with Crippen molar-refractivity contribution in [3.8, 4) is 6.07 Å². The lowest BCUT2D eigenvalue weighted by atomic mass is 10.2. The van der Waals surface area contributed by atoms with Gasteiger partial charge in [0.2, 0.25) is 0 Å². The summed E-state index contributed by atoms with van der Waals surface area (Å²) in [6.07, 6.45) is -3.28. The van der Waals surface area contributed by atoms with Crippen molar-refractivity contribution in [2.24, 2.45) is 5.14 Å². The van der Waals surface area contributed by atoms with Crippen LogP contribution in [0.3, 0.4) is 0 Å². The Morgan fingerprint density at radius 3 is 2.44 bits per heavy atom. The van der Waals surface area contributed by atoms with Gasteiger partial charge in [-0.3, -0.25) is 0 Å². The molecule has 0 amide bonds. The van der Waals surface area contributed by atoms with E-state index in [1.165, 1.54) is 6.07 Å². The van der Waals surface area contributed by atoms with E-state index in [0.29, 0.717) is 6.07 Å². The highest BCUT2D eigenvalue weighted by molar-refractivity contribution is 7.89. The van der Waals surface area contributed by atoms with Crippen molar-refractivity contribution in [1.82, 2.24) is 4.98 Å². The number of hydrogen-bond acceptors (Lipinski definition) is 6. The normalized spacial score (nSPS) is 11.3. The third-order valence-electron chi connectivity index (χ3n) is 1.79. The van der Waals surface area contributed by atoms with Crippen LogP contribution in [0.2, 0.25) is 0 Å². The lowest BCUT2D eigenvalue weighted by Gasteiger charge is -2.03. The fraction of sp³-hybridized carbons (Fsp3) is 0.143. The van der Waals surface area contributed by atoms with Crippen molar-refractivity contribution >= 4 is 15.8 Å². The first kappa shape index (κ1) is 13.9. The molecule has 0 radical (unpaired) electrons. The molecule has 0 atom stereocenters. The average molecular weight is 278 g/mol. The van der Waals surface area contributed by atoms with E-state index in [1.807, 2.05) is 0 Å². The van der Waals surface area contributed by atoms with E-state index in [9.17, 15) is 27.3 Å². The molecular weight excluding hydrogens is 274 g/mol. The van der Waals surface area contributed by atoms with Crippen molar-refractivity contribution in [2.75, 3.05) is 0 Å². The highest BCUT2D eigenvalue weighted by atomic mass is 32.2. The molecule has 0 aliphatic rings. The van der Waals surface area contributed by atoms with E-state index >= 15 is 0 Å². The van der Waals surface area contributed by atoms with Gasteiger partial charge >= 0.3 is 5.82 Å². The number of primary sulfonamides is 1. The minimum absolute atomic E-state index is 0.384. The van der Waals surface area contributed by atoms with Crippen LogP contribution in [0.4, 0.5) is 14.6 Å². The molecule has 18 heavy (non-hydrogen) atoms. The fourth-order valence-electron chi connectivity index (χ4n) is 1.11. The lowest BCUT2D eigenvalue weighted by Crippen LogP contribution is -2.17. The Bertz CT molecular complexity index is 652. The van der Waals surface area contributed by atoms with Crippen molar-refractivity contribution in [2.45, 2.75) is 11.5 Å². The summed E-state index contributed by atoms with van der Waals surface area (Å²) in [4.78, 5) is 12.1. The highest BCUT2D eigenvalue weighted by Crippen LogP contribution is 2.29. The summed E-state index contributed by atoms with van der Waals surface area (Å²) in [5.74, 6) is -1.35. The molecule has 1 aromatic heterocycles. The first-order valence-corrected chi connectivity index (χ1v) is 5.63. The van der Waals surface area contributed by atoms with E-state index < -0.39 is 43.3 Å². The molecule has 0 saturated carbocycles. The SMILES string of the molecule is N#Cc1cc(C(F)F)c([N+](=O)[O-])nc1S(N)(=O)=O. The van der Waals surface area contributed by atoms with Gasteiger partial charge in [0.15, 0.2) is 0 Å². The van der Waals surface area contributed by atoms with Crippen molar-refractivity contribution in [1.29, 1.82) is 5.26 Å². The van der Waals surface area contributed by atoms with E-state index in [-0.39, 0.29) is 0 Å². The number of nitriles is 1. The maximum Gasteiger partial charge on any atom is 0.373 e. The van der Waals surface area contributed by atoms with Crippen LogP contribution in [0.25, 0.3) is 0 Å². The van der Waals surface area contributed by atoms with Gasteiger partial charge in [-0.15, -0.1) is 0 Å². The maximum atomic E-state index is 12.5. The first-order valence-electron chi connectivity index (χ1n) is 4.09. The van der Waals surface area contributed by atoms with E-state index in [2.05, 4.69) is 10.1 Å². The summed E-state index contributed by atoms with van der Waals surface area (Å²) >= 11 is 0. The molecule has 11 heteroatoms. The number of alkyl halides is 2. The predicted molar refractivity (Wildman–Crippen MR) is 51.9 cm³/mol. The largest absolute Gasteiger partial charge is 0.373 e. The first-order chi connectivity index (χ1) is 8.18. The van der Waals surface area contributed by atoms with Gasteiger partial charge in [0.25, 0.3) is 21.5 Å². The van der Waals surface area contributed by atoms with Crippen LogP contribution in [-0.2, 0) is 10.0 Å². The second-order valence-corrected chi connectivity index (χ2v) is 4.45. The summed E-state index contributed by atoms with van der Waals surface area (Å²) in [5.41, 5.74) is -1.93. The van der Waals surface area contributed by atoms with Crippen LogP contribution in [0.1, 0.15) is 17.6 Å². The van der Waals surface area contributed by atoms with Gasteiger partial charge in [-0.25, -0.2) is 22.3 Å². The van der Waals surface area contributed by atoms with Gasteiger partial charge < -0.3 is 10.1 Å². The van der Waals surface area contributed by atoms with Crippen LogP contribution in [0.15, 0.2) is 11.1 Å². The molecule has 0 aromatic carbocycles. The molecule has 96 valence electrons. The van der Waals surface area contributed by atoms with Gasteiger partial charge in [-0.1, -0.05) is 0 Å². The number of sulfonamides is 1. The van der Waals surface area contributed by atoms with Gasteiger partial charge in [0, 0.05) is 0 Å². The zero-order valence-corrected chi connectivity index (χ0v) is 9.19. The Kier molecular flexibility index (Phi) is 3.54. The third-order valence-corrected chi connectivity index (χ3v) is 2.64.